The Morgan fingerprint density at radius 3 is 2.88 bits per heavy atom. The van der Waals surface area contributed by atoms with Crippen LogP contribution < -0.4 is 10.5 Å². The number of ether oxygens (including phenoxy) is 1. The summed E-state index contributed by atoms with van der Waals surface area (Å²) in [6.07, 6.45) is 1.63. The molecule has 2 rings (SSSR count). The Labute approximate surface area is 99.0 Å². The zero-order valence-electron chi connectivity index (χ0n) is 10.1. The van der Waals surface area contributed by atoms with Gasteiger partial charge in [-0.15, -0.1) is 0 Å². The normalized spacial score (nSPS) is 13.0. The molecule has 1 unspecified atom stereocenters. The molecule has 2 aromatic rings. The van der Waals surface area contributed by atoms with Crippen LogP contribution >= 0.6 is 0 Å². The first-order valence-electron chi connectivity index (χ1n) is 5.32. The summed E-state index contributed by atoms with van der Waals surface area (Å²) in [5.41, 5.74) is 8.09. The SMILES string of the molecule is COc1c(C(N)CO)cnc2c1c(C)nn2C. The molecule has 1 atom stereocenters. The van der Waals surface area contributed by atoms with Crippen LogP contribution in [0.1, 0.15) is 17.3 Å². The molecule has 6 nitrogen and oxygen atoms in total. The number of rotatable bonds is 3. The van der Waals surface area contributed by atoms with Crippen molar-refractivity contribution in [2.45, 2.75) is 13.0 Å². The molecule has 0 aliphatic carbocycles. The van der Waals surface area contributed by atoms with Gasteiger partial charge in [-0.2, -0.15) is 5.10 Å². The third kappa shape index (κ3) is 1.75. The van der Waals surface area contributed by atoms with Crippen LogP contribution in [0.2, 0.25) is 0 Å². The van der Waals surface area contributed by atoms with Gasteiger partial charge in [0.05, 0.1) is 30.8 Å². The monoisotopic (exact) mass is 236 g/mol. The van der Waals surface area contributed by atoms with Crippen LogP contribution in [0.3, 0.4) is 0 Å². The van der Waals surface area contributed by atoms with E-state index in [-0.39, 0.29) is 6.61 Å². The van der Waals surface area contributed by atoms with Gasteiger partial charge in [0, 0.05) is 18.8 Å². The Hall–Kier alpha value is -1.66. The fraction of sp³-hybridized carbons (Fsp3) is 0.455. The summed E-state index contributed by atoms with van der Waals surface area (Å²) in [5, 5.41) is 14.3. The summed E-state index contributed by atoms with van der Waals surface area (Å²) < 4.78 is 7.09. The van der Waals surface area contributed by atoms with Gasteiger partial charge in [0.2, 0.25) is 0 Å². The van der Waals surface area contributed by atoms with Gasteiger partial charge in [0.15, 0.2) is 5.65 Å². The predicted molar refractivity (Wildman–Crippen MR) is 63.8 cm³/mol. The van der Waals surface area contributed by atoms with E-state index in [1.807, 2.05) is 14.0 Å². The van der Waals surface area contributed by atoms with Crippen LogP contribution in [0, 0.1) is 6.92 Å². The Morgan fingerprint density at radius 1 is 1.59 bits per heavy atom. The Bertz CT molecular complexity index is 550. The Morgan fingerprint density at radius 2 is 2.29 bits per heavy atom. The van der Waals surface area contributed by atoms with Crippen molar-refractivity contribution in [2.75, 3.05) is 13.7 Å². The smallest absolute Gasteiger partial charge is 0.161 e. The number of aryl methyl sites for hydroxylation is 2. The third-order valence-corrected chi connectivity index (χ3v) is 2.81. The van der Waals surface area contributed by atoms with Crippen molar-refractivity contribution in [1.29, 1.82) is 0 Å². The van der Waals surface area contributed by atoms with Crippen molar-refractivity contribution in [3.8, 4) is 5.75 Å². The van der Waals surface area contributed by atoms with Crippen LogP contribution in [0.25, 0.3) is 11.0 Å². The van der Waals surface area contributed by atoms with Gasteiger partial charge in [-0.25, -0.2) is 4.98 Å². The van der Waals surface area contributed by atoms with E-state index in [2.05, 4.69) is 10.1 Å². The Kier molecular flexibility index (Phi) is 2.99. The van der Waals surface area contributed by atoms with E-state index in [4.69, 9.17) is 15.6 Å². The maximum Gasteiger partial charge on any atom is 0.161 e. The maximum atomic E-state index is 9.13. The van der Waals surface area contributed by atoms with E-state index in [9.17, 15) is 0 Å². The van der Waals surface area contributed by atoms with Gasteiger partial charge in [0.25, 0.3) is 0 Å². The zero-order valence-corrected chi connectivity index (χ0v) is 10.1. The van der Waals surface area contributed by atoms with Gasteiger partial charge < -0.3 is 15.6 Å². The van der Waals surface area contributed by atoms with Crippen molar-refractivity contribution >= 4 is 11.0 Å². The number of nitrogens with two attached hydrogens (primary N) is 1. The predicted octanol–water partition coefficient (Wildman–Crippen LogP) is 0.277. The highest BCUT2D eigenvalue weighted by Gasteiger charge is 2.19. The summed E-state index contributed by atoms with van der Waals surface area (Å²) in [6, 6.07) is -0.499. The second kappa shape index (κ2) is 4.31. The maximum absolute atomic E-state index is 9.13. The van der Waals surface area contributed by atoms with Gasteiger partial charge in [-0.3, -0.25) is 4.68 Å². The standard InChI is InChI=1S/C11H16N4O2/c1-6-9-10(17-3)7(8(12)5-16)4-13-11(9)15(2)14-6/h4,8,16H,5,12H2,1-3H3. The molecule has 17 heavy (non-hydrogen) atoms. The number of hydrogen-bond acceptors (Lipinski definition) is 5. The molecule has 0 fully saturated rings. The molecule has 0 spiro atoms. The zero-order chi connectivity index (χ0) is 12.6. The molecule has 0 aliphatic rings. The number of hydrogen-bond donors (Lipinski definition) is 2. The fourth-order valence-electron chi connectivity index (χ4n) is 1.98. The average Bonchev–Trinajstić information content (AvgIpc) is 2.63. The van der Waals surface area contributed by atoms with Crippen molar-refractivity contribution in [2.24, 2.45) is 12.8 Å². The van der Waals surface area contributed by atoms with Gasteiger partial charge in [0.1, 0.15) is 5.75 Å². The van der Waals surface area contributed by atoms with Gasteiger partial charge in [-0.1, -0.05) is 0 Å². The van der Waals surface area contributed by atoms with Crippen LogP contribution in [-0.2, 0) is 7.05 Å². The van der Waals surface area contributed by atoms with E-state index < -0.39 is 6.04 Å². The van der Waals surface area contributed by atoms with Crippen molar-refractivity contribution in [1.82, 2.24) is 14.8 Å². The molecule has 0 aromatic carbocycles. The van der Waals surface area contributed by atoms with Crippen LogP contribution in [-0.4, -0.2) is 33.6 Å². The first-order chi connectivity index (χ1) is 8.10. The van der Waals surface area contributed by atoms with Crippen molar-refractivity contribution in [3.63, 3.8) is 0 Å². The minimum absolute atomic E-state index is 0.150. The molecule has 3 N–H and O–H groups in total. The summed E-state index contributed by atoms with van der Waals surface area (Å²) in [4.78, 5) is 4.31. The first-order valence-corrected chi connectivity index (χ1v) is 5.32. The minimum Gasteiger partial charge on any atom is -0.496 e. The molecule has 6 heteroatoms. The van der Waals surface area contributed by atoms with Crippen LogP contribution in [0.4, 0.5) is 0 Å². The largest absolute Gasteiger partial charge is 0.496 e. The van der Waals surface area contributed by atoms with Gasteiger partial charge >= 0.3 is 0 Å². The molecular weight excluding hydrogens is 220 g/mol. The quantitative estimate of drug-likeness (QED) is 0.799. The number of methoxy groups -OCH3 is 1. The first kappa shape index (κ1) is 11.8. The summed E-state index contributed by atoms with van der Waals surface area (Å²) in [5.74, 6) is 0.641. The molecule has 0 amide bonds. The second-order valence-electron chi connectivity index (χ2n) is 3.94. The van der Waals surface area contributed by atoms with Crippen LogP contribution in [0.5, 0.6) is 5.75 Å². The van der Waals surface area contributed by atoms with Gasteiger partial charge in [-0.05, 0) is 6.92 Å². The van der Waals surface area contributed by atoms with E-state index >= 15 is 0 Å². The lowest BCUT2D eigenvalue weighted by atomic mass is 10.1. The lowest BCUT2D eigenvalue weighted by molar-refractivity contribution is 0.264. The number of pyridine rings is 1. The Balaban J connectivity index is 2.77. The van der Waals surface area contributed by atoms with E-state index in [1.165, 1.54) is 0 Å². The molecular formula is C11H16N4O2. The molecule has 0 saturated carbocycles. The lowest BCUT2D eigenvalue weighted by Crippen LogP contribution is -2.16. The number of fused-ring (bicyclic) bond motifs is 1. The van der Waals surface area contributed by atoms with Crippen LogP contribution in [0.15, 0.2) is 6.20 Å². The van der Waals surface area contributed by atoms with Crippen molar-refractivity contribution < 1.29 is 9.84 Å². The third-order valence-electron chi connectivity index (χ3n) is 2.81. The average molecular weight is 236 g/mol. The molecule has 2 aromatic heterocycles. The summed E-state index contributed by atoms with van der Waals surface area (Å²) in [6.45, 7) is 1.74. The molecule has 0 saturated heterocycles. The highest BCUT2D eigenvalue weighted by Crippen LogP contribution is 2.32. The molecule has 2 heterocycles. The fourth-order valence-corrected chi connectivity index (χ4v) is 1.98. The lowest BCUT2D eigenvalue weighted by Gasteiger charge is -2.13. The summed E-state index contributed by atoms with van der Waals surface area (Å²) in [7, 11) is 3.40. The topological polar surface area (TPSA) is 86.2 Å². The summed E-state index contributed by atoms with van der Waals surface area (Å²) >= 11 is 0. The molecule has 0 aliphatic heterocycles. The number of nitrogens with zero attached hydrogens (tertiary/aromatic N) is 3. The number of aliphatic hydroxyl groups is 1. The van der Waals surface area contributed by atoms with E-state index in [0.29, 0.717) is 11.3 Å². The minimum atomic E-state index is -0.499. The number of aromatic nitrogens is 3. The second-order valence-corrected chi connectivity index (χ2v) is 3.94. The molecule has 0 radical (unpaired) electrons. The van der Waals surface area contributed by atoms with Crippen molar-refractivity contribution in [3.05, 3.63) is 17.5 Å². The highest BCUT2D eigenvalue weighted by molar-refractivity contribution is 5.86. The molecule has 0 bridgehead atoms. The van der Waals surface area contributed by atoms with E-state index in [0.717, 1.165) is 16.7 Å². The van der Waals surface area contributed by atoms with E-state index in [1.54, 1.807) is 18.0 Å². The number of aliphatic hydroxyl groups excluding tert-OH is 1. The highest BCUT2D eigenvalue weighted by atomic mass is 16.5. The molecule has 92 valence electrons.